The van der Waals surface area contributed by atoms with E-state index in [4.69, 9.17) is 0 Å². The second-order valence-electron chi connectivity index (χ2n) is 7.88. The third-order valence-electron chi connectivity index (χ3n) is 6.19. The van der Waals surface area contributed by atoms with E-state index in [-0.39, 0.29) is 5.78 Å². The number of nitrogens with one attached hydrogen (secondary N) is 1. The van der Waals surface area contributed by atoms with Crippen LogP contribution in [-0.2, 0) is 6.42 Å². The number of Topliss-reactive ketones (excluding diaryl/α,β-unsaturated/α-hetero) is 1. The summed E-state index contributed by atoms with van der Waals surface area (Å²) in [7, 11) is 4.08. The fourth-order valence-electron chi connectivity index (χ4n) is 4.42. The van der Waals surface area contributed by atoms with Crippen LogP contribution in [0.1, 0.15) is 53.6 Å². The van der Waals surface area contributed by atoms with Gasteiger partial charge in [0.15, 0.2) is 5.78 Å². The van der Waals surface area contributed by atoms with Crippen molar-refractivity contribution in [2.75, 3.05) is 27.2 Å². The lowest BCUT2D eigenvalue weighted by Gasteiger charge is -2.39. The molecule has 0 bridgehead atoms. The molecule has 1 unspecified atom stereocenters. The highest BCUT2D eigenvalue weighted by atomic mass is 16.1. The molecule has 2 aromatic carbocycles. The zero-order chi connectivity index (χ0) is 19.3. The van der Waals surface area contributed by atoms with Gasteiger partial charge in [0.2, 0.25) is 0 Å². The van der Waals surface area contributed by atoms with Gasteiger partial charge in [0.05, 0.1) is 5.54 Å². The lowest BCUT2D eigenvalue weighted by Crippen LogP contribution is -2.52. The van der Waals surface area contributed by atoms with E-state index in [1.54, 1.807) is 0 Å². The third kappa shape index (κ3) is 4.15. The topological polar surface area (TPSA) is 32.3 Å². The maximum Gasteiger partial charge on any atom is 0.183 e. The molecule has 3 rings (SSSR count). The van der Waals surface area contributed by atoms with Crippen LogP contribution in [0.3, 0.4) is 0 Å². The van der Waals surface area contributed by atoms with E-state index >= 15 is 0 Å². The van der Waals surface area contributed by atoms with Crippen molar-refractivity contribution >= 4 is 5.78 Å². The molecule has 1 heterocycles. The van der Waals surface area contributed by atoms with Crippen molar-refractivity contribution in [3.63, 3.8) is 0 Å². The van der Waals surface area contributed by atoms with E-state index in [9.17, 15) is 4.79 Å². The zero-order valence-corrected chi connectivity index (χ0v) is 16.9. The number of piperidine rings is 1. The molecule has 0 aliphatic carbocycles. The van der Waals surface area contributed by atoms with Crippen LogP contribution in [0.2, 0.25) is 0 Å². The molecule has 144 valence electrons. The summed E-state index contributed by atoms with van der Waals surface area (Å²) in [6.07, 6.45) is 3.72. The van der Waals surface area contributed by atoms with Crippen molar-refractivity contribution in [3.8, 4) is 0 Å². The Balaban J connectivity index is 2.00. The van der Waals surface area contributed by atoms with Gasteiger partial charge in [-0.25, -0.2) is 0 Å². The number of rotatable bonds is 7. The summed E-state index contributed by atoms with van der Waals surface area (Å²) < 4.78 is 0. The van der Waals surface area contributed by atoms with Crippen LogP contribution in [0.15, 0.2) is 54.6 Å². The summed E-state index contributed by atoms with van der Waals surface area (Å²) in [5.41, 5.74) is 2.83. The van der Waals surface area contributed by atoms with Crippen molar-refractivity contribution in [1.29, 1.82) is 0 Å². The predicted molar refractivity (Wildman–Crippen MR) is 112 cm³/mol. The van der Waals surface area contributed by atoms with Gasteiger partial charge in [0, 0.05) is 5.56 Å². The van der Waals surface area contributed by atoms with Crippen LogP contribution >= 0.6 is 0 Å². The van der Waals surface area contributed by atoms with Gasteiger partial charge in [-0.1, -0.05) is 61.5 Å². The number of carbonyl (C=O) groups excluding carboxylic acids is 1. The molecule has 1 fully saturated rings. The fraction of sp³-hybridized carbons (Fsp3) is 0.458. The SMILES string of the molecule is CCC(Cc1ccccc1)(C(=O)c1ccccc1C1CCNCC1)N(C)C. The first-order valence-electron chi connectivity index (χ1n) is 10.1. The molecule has 0 spiro atoms. The molecule has 1 aliphatic heterocycles. The van der Waals surface area contributed by atoms with Crippen molar-refractivity contribution in [1.82, 2.24) is 10.2 Å². The Morgan fingerprint density at radius 2 is 1.67 bits per heavy atom. The number of hydrogen-bond acceptors (Lipinski definition) is 3. The molecular weight excluding hydrogens is 332 g/mol. The van der Waals surface area contributed by atoms with Crippen molar-refractivity contribution < 1.29 is 4.79 Å². The molecule has 1 N–H and O–H groups in total. The van der Waals surface area contributed by atoms with Gasteiger partial charge >= 0.3 is 0 Å². The first kappa shape index (κ1) is 19.8. The number of hydrogen-bond donors (Lipinski definition) is 1. The Labute approximate surface area is 163 Å². The first-order chi connectivity index (χ1) is 13.1. The lowest BCUT2D eigenvalue weighted by molar-refractivity contribution is 0.0664. The molecule has 27 heavy (non-hydrogen) atoms. The van der Waals surface area contributed by atoms with E-state index in [1.807, 2.05) is 32.3 Å². The Kier molecular flexibility index (Phi) is 6.46. The van der Waals surface area contributed by atoms with Gasteiger partial charge in [-0.05, 0) is 69.9 Å². The van der Waals surface area contributed by atoms with Crippen LogP contribution in [0.5, 0.6) is 0 Å². The number of ketones is 1. The molecule has 3 nitrogen and oxygen atoms in total. The van der Waals surface area contributed by atoms with Gasteiger partial charge in [-0.2, -0.15) is 0 Å². The molecular formula is C24H32N2O. The Bertz CT molecular complexity index is 750. The quantitative estimate of drug-likeness (QED) is 0.744. The van der Waals surface area contributed by atoms with Gasteiger partial charge in [-0.3, -0.25) is 9.69 Å². The summed E-state index contributed by atoms with van der Waals surface area (Å²) in [4.78, 5) is 16.1. The second kappa shape index (κ2) is 8.81. The van der Waals surface area contributed by atoms with Crippen molar-refractivity contribution in [3.05, 3.63) is 71.3 Å². The highest BCUT2D eigenvalue weighted by molar-refractivity contribution is 6.04. The highest BCUT2D eigenvalue weighted by Gasteiger charge is 2.40. The summed E-state index contributed by atoms with van der Waals surface area (Å²) in [5, 5.41) is 3.43. The monoisotopic (exact) mass is 364 g/mol. The summed E-state index contributed by atoms with van der Waals surface area (Å²) in [5.74, 6) is 0.729. The van der Waals surface area contributed by atoms with E-state index in [1.165, 1.54) is 11.1 Å². The minimum Gasteiger partial charge on any atom is -0.317 e. The molecule has 0 aromatic heterocycles. The average molecular weight is 365 g/mol. The number of benzene rings is 2. The van der Waals surface area contributed by atoms with Crippen LogP contribution < -0.4 is 5.32 Å². The van der Waals surface area contributed by atoms with Crippen molar-refractivity contribution in [2.45, 2.75) is 44.1 Å². The first-order valence-corrected chi connectivity index (χ1v) is 10.1. The third-order valence-corrected chi connectivity index (χ3v) is 6.19. The predicted octanol–water partition coefficient (Wildman–Crippen LogP) is 4.29. The molecule has 0 amide bonds. The number of likely N-dealkylation sites (N-methyl/N-ethyl adjacent to an activating group) is 1. The van der Waals surface area contributed by atoms with Crippen LogP contribution in [0.25, 0.3) is 0 Å². The molecule has 1 atom stereocenters. The lowest BCUT2D eigenvalue weighted by atomic mass is 9.76. The Morgan fingerprint density at radius 3 is 2.30 bits per heavy atom. The minimum absolute atomic E-state index is 0.257. The Morgan fingerprint density at radius 1 is 1.04 bits per heavy atom. The fourth-order valence-corrected chi connectivity index (χ4v) is 4.42. The van der Waals surface area contributed by atoms with Crippen LogP contribution in [0, 0.1) is 0 Å². The van der Waals surface area contributed by atoms with Gasteiger partial charge in [0.25, 0.3) is 0 Å². The molecule has 0 radical (unpaired) electrons. The number of carbonyl (C=O) groups is 1. The van der Waals surface area contributed by atoms with E-state index in [0.29, 0.717) is 5.92 Å². The van der Waals surface area contributed by atoms with Gasteiger partial charge in [-0.15, -0.1) is 0 Å². The van der Waals surface area contributed by atoms with E-state index in [0.717, 1.165) is 44.3 Å². The molecule has 1 saturated heterocycles. The van der Waals surface area contributed by atoms with Gasteiger partial charge in [0.1, 0.15) is 0 Å². The van der Waals surface area contributed by atoms with Crippen LogP contribution in [-0.4, -0.2) is 43.4 Å². The molecule has 0 saturated carbocycles. The van der Waals surface area contributed by atoms with E-state index in [2.05, 4.69) is 53.5 Å². The second-order valence-corrected chi connectivity index (χ2v) is 7.88. The van der Waals surface area contributed by atoms with Crippen molar-refractivity contribution in [2.24, 2.45) is 0 Å². The maximum atomic E-state index is 13.9. The molecule has 3 heteroatoms. The van der Waals surface area contributed by atoms with Crippen LogP contribution in [0.4, 0.5) is 0 Å². The summed E-state index contributed by atoms with van der Waals surface area (Å²) >= 11 is 0. The standard InChI is InChI=1S/C24H32N2O/c1-4-24(26(2)3,18-19-10-6-5-7-11-19)23(27)22-13-9-8-12-21(22)20-14-16-25-17-15-20/h5-13,20,25H,4,14-18H2,1-3H3. The number of nitrogens with zero attached hydrogens (tertiary/aromatic N) is 1. The smallest absolute Gasteiger partial charge is 0.183 e. The Hall–Kier alpha value is -1.97. The van der Waals surface area contributed by atoms with Gasteiger partial charge < -0.3 is 5.32 Å². The molecule has 2 aromatic rings. The summed E-state index contributed by atoms with van der Waals surface area (Å²) in [6, 6.07) is 18.7. The minimum atomic E-state index is -0.523. The molecule has 1 aliphatic rings. The normalized spacial score (nSPS) is 17.6. The highest BCUT2D eigenvalue weighted by Crippen LogP contribution is 2.33. The largest absolute Gasteiger partial charge is 0.317 e. The average Bonchev–Trinajstić information content (AvgIpc) is 2.72. The summed E-state index contributed by atoms with van der Waals surface area (Å²) in [6.45, 7) is 4.20. The zero-order valence-electron chi connectivity index (χ0n) is 16.9. The van der Waals surface area contributed by atoms with E-state index < -0.39 is 5.54 Å². The maximum absolute atomic E-state index is 13.9.